The van der Waals surface area contributed by atoms with Crippen LogP contribution >= 0.6 is 0 Å². The largest absolute Gasteiger partial charge is 0.487 e. The Morgan fingerprint density at radius 3 is 2.74 bits per heavy atom. The highest BCUT2D eigenvalue weighted by Crippen LogP contribution is 2.54. The van der Waals surface area contributed by atoms with Gasteiger partial charge in [0.05, 0.1) is 17.5 Å². The molecule has 0 unspecified atom stereocenters. The number of amides is 2. The van der Waals surface area contributed by atoms with Gasteiger partial charge in [0, 0.05) is 35.9 Å². The molecule has 3 aliphatic heterocycles. The molecule has 8 nitrogen and oxygen atoms in total. The number of carbonyl (C=O) groups excluding carboxylic acids is 2. The molecule has 3 atom stereocenters. The Kier molecular flexibility index (Phi) is 6.56. The van der Waals surface area contributed by atoms with Crippen LogP contribution in [0.1, 0.15) is 64.2 Å². The Morgan fingerprint density at radius 2 is 1.93 bits per heavy atom. The molecular weight excluding hydrogens is 549 g/mol. The SMILES string of the molecule is O=C1CCc2c(Oc3ccc4c(c3)[C@H]3[C@@H](NC(=O)c5ccc(CN6CCCCC6)c(C(F)(F)F)c5)[C@H]3O4)ccnc2N1. The van der Waals surface area contributed by atoms with Crippen LogP contribution in [0.2, 0.25) is 0 Å². The van der Waals surface area contributed by atoms with E-state index in [1.807, 2.05) is 17.0 Å². The summed E-state index contributed by atoms with van der Waals surface area (Å²) in [6, 6.07) is 10.7. The van der Waals surface area contributed by atoms with E-state index < -0.39 is 17.6 Å². The summed E-state index contributed by atoms with van der Waals surface area (Å²) in [6.07, 6.45) is 0.657. The van der Waals surface area contributed by atoms with Crippen LogP contribution in [0, 0.1) is 0 Å². The summed E-state index contributed by atoms with van der Waals surface area (Å²) in [7, 11) is 0. The first kappa shape index (κ1) is 26.8. The third-order valence-electron chi connectivity index (χ3n) is 8.48. The lowest BCUT2D eigenvalue weighted by Gasteiger charge is -2.27. The van der Waals surface area contributed by atoms with Crippen molar-refractivity contribution in [1.29, 1.82) is 0 Å². The second-order valence-corrected chi connectivity index (χ2v) is 11.3. The second-order valence-electron chi connectivity index (χ2n) is 11.3. The minimum atomic E-state index is -4.56. The third-order valence-corrected chi connectivity index (χ3v) is 8.48. The summed E-state index contributed by atoms with van der Waals surface area (Å²) < 4.78 is 54.1. The summed E-state index contributed by atoms with van der Waals surface area (Å²) in [5.74, 6) is 1.57. The van der Waals surface area contributed by atoms with Gasteiger partial charge in [-0.05, 0) is 74.3 Å². The number of aromatic nitrogens is 1. The molecule has 0 bridgehead atoms. The van der Waals surface area contributed by atoms with E-state index in [1.165, 1.54) is 12.1 Å². The van der Waals surface area contributed by atoms with E-state index in [0.717, 1.165) is 49.5 Å². The van der Waals surface area contributed by atoms with Crippen molar-refractivity contribution < 1.29 is 32.2 Å². The molecular formula is C31H29F3N4O4. The second kappa shape index (κ2) is 10.3. The fraction of sp³-hybridized carbons (Fsp3) is 0.387. The number of halogens is 3. The molecule has 218 valence electrons. The molecule has 4 heterocycles. The van der Waals surface area contributed by atoms with Crippen molar-refractivity contribution in [2.75, 3.05) is 18.4 Å². The zero-order valence-electron chi connectivity index (χ0n) is 22.7. The van der Waals surface area contributed by atoms with Crippen molar-refractivity contribution in [2.45, 2.75) is 62.9 Å². The Morgan fingerprint density at radius 1 is 1.10 bits per heavy atom. The number of likely N-dealkylation sites (tertiary alicyclic amines) is 1. The van der Waals surface area contributed by atoms with Crippen LogP contribution in [0.15, 0.2) is 48.7 Å². The third kappa shape index (κ3) is 5.06. The number of pyridine rings is 1. The number of anilines is 1. The van der Waals surface area contributed by atoms with Gasteiger partial charge in [-0.1, -0.05) is 12.5 Å². The van der Waals surface area contributed by atoms with E-state index >= 15 is 0 Å². The summed E-state index contributed by atoms with van der Waals surface area (Å²) in [5, 5.41) is 5.63. The van der Waals surface area contributed by atoms with Gasteiger partial charge in [0.15, 0.2) is 0 Å². The van der Waals surface area contributed by atoms with E-state index in [9.17, 15) is 22.8 Å². The first-order chi connectivity index (χ1) is 20.2. The van der Waals surface area contributed by atoms with Crippen LogP contribution in [-0.2, 0) is 23.9 Å². The van der Waals surface area contributed by atoms with E-state index in [4.69, 9.17) is 9.47 Å². The average molecular weight is 579 g/mol. The highest BCUT2D eigenvalue weighted by atomic mass is 19.4. The van der Waals surface area contributed by atoms with Crippen LogP contribution in [0.25, 0.3) is 0 Å². The van der Waals surface area contributed by atoms with Gasteiger partial charge in [-0.3, -0.25) is 14.5 Å². The fourth-order valence-electron chi connectivity index (χ4n) is 6.27. The number of nitrogens with zero attached hydrogens (tertiary/aromatic N) is 2. The number of ether oxygens (including phenoxy) is 2. The van der Waals surface area contributed by atoms with Gasteiger partial charge >= 0.3 is 6.18 Å². The van der Waals surface area contributed by atoms with Gasteiger partial charge < -0.3 is 20.1 Å². The summed E-state index contributed by atoms with van der Waals surface area (Å²) in [6.45, 7) is 1.78. The molecule has 0 radical (unpaired) electrons. The van der Waals surface area contributed by atoms with Gasteiger partial charge in [0.25, 0.3) is 5.91 Å². The summed E-state index contributed by atoms with van der Waals surface area (Å²) in [5.41, 5.74) is 1.08. The highest BCUT2D eigenvalue weighted by molar-refractivity contribution is 5.95. The quantitative estimate of drug-likeness (QED) is 0.406. The van der Waals surface area contributed by atoms with Crippen molar-refractivity contribution in [3.8, 4) is 17.2 Å². The summed E-state index contributed by atoms with van der Waals surface area (Å²) in [4.78, 5) is 31.1. The van der Waals surface area contributed by atoms with E-state index in [0.29, 0.717) is 35.9 Å². The minimum absolute atomic E-state index is 0.0263. The number of fused-ring (bicyclic) bond motifs is 4. The van der Waals surface area contributed by atoms with E-state index in [1.54, 1.807) is 18.3 Å². The van der Waals surface area contributed by atoms with Crippen LogP contribution in [0.3, 0.4) is 0 Å². The zero-order chi connectivity index (χ0) is 29.0. The van der Waals surface area contributed by atoms with Crippen LogP contribution in [0.4, 0.5) is 19.0 Å². The Hall–Kier alpha value is -4.12. The number of piperidine rings is 1. The van der Waals surface area contributed by atoms with Crippen molar-refractivity contribution in [3.63, 3.8) is 0 Å². The smallest absolute Gasteiger partial charge is 0.416 e. The average Bonchev–Trinajstić information content (AvgIpc) is 3.49. The zero-order valence-corrected chi connectivity index (χ0v) is 22.7. The van der Waals surface area contributed by atoms with E-state index in [-0.39, 0.29) is 41.6 Å². The molecule has 1 saturated heterocycles. The molecule has 2 aromatic carbocycles. The monoisotopic (exact) mass is 578 g/mol. The molecule has 7 rings (SSSR count). The van der Waals surface area contributed by atoms with Crippen LogP contribution in [0.5, 0.6) is 17.2 Å². The number of benzene rings is 2. The molecule has 42 heavy (non-hydrogen) atoms. The Labute approximate surface area is 240 Å². The van der Waals surface area contributed by atoms with Gasteiger partial charge in [0.1, 0.15) is 29.2 Å². The molecule has 1 saturated carbocycles. The molecule has 2 amide bonds. The molecule has 0 spiro atoms. The van der Waals surface area contributed by atoms with Gasteiger partial charge in [-0.25, -0.2) is 4.98 Å². The van der Waals surface area contributed by atoms with Crippen molar-refractivity contribution >= 4 is 17.6 Å². The number of rotatable bonds is 6. The number of nitrogens with one attached hydrogen (secondary N) is 2. The predicted molar refractivity (Wildman–Crippen MR) is 147 cm³/mol. The Bertz CT molecular complexity index is 1570. The highest BCUT2D eigenvalue weighted by Gasteiger charge is 2.59. The lowest BCUT2D eigenvalue weighted by atomic mass is 10.0. The predicted octanol–water partition coefficient (Wildman–Crippen LogP) is 5.42. The topological polar surface area (TPSA) is 92.8 Å². The number of hydrogen-bond donors (Lipinski definition) is 2. The van der Waals surface area contributed by atoms with E-state index in [2.05, 4.69) is 15.6 Å². The number of alkyl halides is 3. The molecule has 11 heteroatoms. The van der Waals surface area contributed by atoms with Crippen LogP contribution in [-0.4, -0.2) is 46.9 Å². The molecule has 1 aliphatic carbocycles. The van der Waals surface area contributed by atoms with Gasteiger partial charge in [-0.2, -0.15) is 13.2 Å². The van der Waals surface area contributed by atoms with Crippen molar-refractivity contribution in [3.05, 3.63) is 76.5 Å². The van der Waals surface area contributed by atoms with Gasteiger partial charge in [0.2, 0.25) is 5.91 Å². The maximum absolute atomic E-state index is 14.0. The maximum atomic E-state index is 14.0. The first-order valence-electron chi connectivity index (χ1n) is 14.2. The van der Waals surface area contributed by atoms with Crippen molar-refractivity contribution in [2.24, 2.45) is 0 Å². The molecule has 4 aliphatic rings. The Balaban J connectivity index is 1.05. The van der Waals surface area contributed by atoms with Crippen LogP contribution < -0.4 is 20.1 Å². The fourth-order valence-corrected chi connectivity index (χ4v) is 6.27. The molecule has 3 aromatic rings. The molecule has 1 aromatic heterocycles. The maximum Gasteiger partial charge on any atom is 0.416 e. The molecule has 2 fully saturated rings. The standard InChI is InChI=1S/C31H29F3N4O4/c32-31(33,34)22-14-17(4-5-18(22)16-38-12-2-1-3-13-38)30(40)37-27-26-21-15-19(6-8-23(21)42-28(26)27)41-24-10-11-35-29-20(24)7-9-25(39)36-29/h4-6,8,10-11,14-15,26-28H,1-3,7,9,12-13,16H2,(H,37,40)(H,35,36,39)/t26-,27+,28-/m0/s1. The lowest BCUT2D eigenvalue weighted by molar-refractivity contribution is -0.138. The lowest BCUT2D eigenvalue weighted by Crippen LogP contribution is -2.31. The molecule has 2 N–H and O–H groups in total. The minimum Gasteiger partial charge on any atom is -0.487 e. The summed E-state index contributed by atoms with van der Waals surface area (Å²) >= 11 is 0. The first-order valence-corrected chi connectivity index (χ1v) is 14.2. The normalized spacial score (nSPS) is 22.7. The number of carbonyl (C=O) groups is 2. The van der Waals surface area contributed by atoms with Gasteiger partial charge in [-0.15, -0.1) is 0 Å². The van der Waals surface area contributed by atoms with Crippen molar-refractivity contribution in [1.82, 2.24) is 15.2 Å². The number of hydrogen-bond acceptors (Lipinski definition) is 6.